The quantitative estimate of drug-likeness (QED) is 0.830. The Morgan fingerprint density at radius 2 is 2.40 bits per heavy atom. The fourth-order valence-corrected chi connectivity index (χ4v) is 5.09. The van der Waals surface area contributed by atoms with Gasteiger partial charge in [-0.2, -0.15) is 5.26 Å². The second kappa shape index (κ2) is 5.58. The van der Waals surface area contributed by atoms with Crippen molar-refractivity contribution in [3.8, 4) is 11.8 Å². The van der Waals surface area contributed by atoms with Crippen molar-refractivity contribution >= 4 is 32.7 Å². The van der Waals surface area contributed by atoms with Crippen LogP contribution in [0.15, 0.2) is 12.1 Å². The Kier molecular flexibility index (Phi) is 3.33. The first kappa shape index (κ1) is 14.9. The van der Waals surface area contributed by atoms with Crippen LogP contribution in [0.1, 0.15) is 12.0 Å². The second-order valence-corrected chi connectivity index (χ2v) is 7.67. The van der Waals surface area contributed by atoms with Crippen molar-refractivity contribution in [1.82, 2.24) is 15.2 Å². The minimum atomic E-state index is -0.0826. The van der Waals surface area contributed by atoms with Crippen molar-refractivity contribution in [3.63, 3.8) is 0 Å². The molecule has 2 fully saturated rings. The summed E-state index contributed by atoms with van der Waals surface area (Å²) in [6.45, 7) is 2.64. The van der Waals surface area contributed by atoms with E-state index in [0.717, 1.165) is 46.0 Å². The number of fused-ring (bicyclic) bond motifs is 4. The molecule has 2 amide bonds. The summed E-state index contributed by atoms with van der Waals surface area (Å²) in [6, 6.07) is 6.30. The fourth-order valence-electron chi connectivity index (χ4n) is 4.04. The van der Waals surface area contributed by atoms with Crippen molar-refractivity contribution in [2.75, 3.05) is 31.1 Å². The number of carbonyl (C=O) groups is 1. The Hall–Kier alpha value is -2.37. The Balaban J connectivity index is 1.52. The average Bonchev–Trinajstić information content (AvgIpc) is 3.28. The molecule has 25 heavy (non-hydrogen) atoms. The molecule has 5 rings (SSSR count). The number of hydrogen-bond acceptors (Lipinski definition) is 6. The monoisotopic (exact) mass is 355 g/mol. The van der Waals surface area contributed by atoms with Gasteiger partial charge in [-0.1, -0.05) is 11.3 Å². The lowest BCUT2D eigenvalue weighted by atomic mass is 10.0. The number of ether oxygens (including phenoxy) is 1. The number of urea groups is 1. The van der Waals surface area contributed by atoms with Crippen LogP contribution in [0.3, 0.4) is 0 Å². The minimum Gasteiger partial charge on any atom is -0.493 e. The van der Waals surface area contributed by atoms with Crippen LogP contribution in [0.2, 0.25) is 0 Å². The van der Waals surface area contributed by atoms with Gasteiger partial charge in [0.05, 0.1) is 41.5 Å². The standard InChI is InChI=1S/C17H17N5O2S/c18-5-7-21-6-3-11-12(9-21)22(16(23)19-11)17-20-15-10-4-8-24-13(10)1-2-14(15)25-17/h1-2,11-12H,3-4,6-9H2,(H,19,23)/t11-,12+/m1/s1. The van der Waals surface area contributed by atoms with Gasteiger partial charge < -0.3 is 10.1 Å². The molecule has 1 aromatic heterocycles. The fraction of sp³-hybridized carbons (Fsp3) is 0.471. The predicted molar refractivity (Wildman–Crippen MR) is 94.1 cm³/mol. The first-order valence-corrected chi connectivity index (χ1v) is 9.30. The summed E-state index contributed by atoms with van der Waals surface area (Å²) in [7, 11) is 0. The predicted octanol–water partition coefficient (Wildman–Crippen LogP) is 1.73. The van der Waals surface area contributed by atoms with E-state index >= 15 is 0 Å². The van der Waals surface area contributed by atoms with E-state index in [0.29, 0.717) is 19.7 Å². The molecular weight excluding hydrogens is 338 g/mol. The number of thiazole rings is 1. The number of piperidine rings is 1. The smallest absolute Gasteiger partial charge is 0.324 e. The molecule has 0 spiro atoms. The third-order valence-corrected chi connectivity index (χ3v) is 6.27. The zero-order chi connectivity index (χ0) is 17.0. The molecule has 1 N–H and O–H groups in total. The van der Waals surface area contributed by atoms with Crippen LogP contribution in [0.4, 0.5) is 9.93 Å². The van der Waals surface area contributed by atoms with Gasteiger partial charge in [0.1, 0.15) is 5.75 Å². The zero-order valence-corrected chi connectivity index (χ0v) is 14.4. The number of nitriles is 1. The number of nitrogens with one attached hydrogen (secondary N) is 1. The molecule has 0 bridgehead atoms. The lowest BCUT2D eigenvalue weighted by molar-refractivity contribution is 0.215. The molecule has 3 aliphatic heterocycles. The summed E-state index contributed by atoms with van der Waals surface area (Å²) in [5.41, 5.74) is 2.10. The lowest BCUT2D eigenvalue weighted by Gasteiger charge is -2.35. The molecule has 8 heteroatoms. The number of likely N-dealkylation sites (tertiary alicyclic amines) is 1. The van der Waals surface area contributed by atoms with E-state index in [4.69, 9.17) is 15.0 Å². The number of hydrogen-bond donors (Lipinski definition) is 1. The molecule has 1 aromatic carbocycles. The topological polar surface area (TPSA) is 81.5 Å². The van der Waals surface area contributed by atoms with E-state index in [1.54, 1.807) is 16.2 Å². The maximum atomic E-state index is 12.6. The molecule has 3 aliphatic rings. The molecular formula is C17H17N5O2S. The molecule has 0 saturated carbocycles. The number of benzene rings is 1. The minimum absolute atomic E-state index is 0.0273. The first-order valence-electron chi connectivity index (χ1n) is 8.49. The molecule has 7 nitrogen and oxygen atoms in total. The van der Waals surface area contributed by atoms with Gasteiger partial charge in [0.15, 0.2) is 5.13 Å². The van der Waals surface area contributed by atoms with E-state index in [9.17, 15) is 4.79 Å². The maximum Gasteiger partial charge on any atom is 0.324 e. The molecule has 0 unspecified atom stereocenters. The van der Waals surface area contributed by atoms with E-state index < -0.39 is 0 Å². The molecule has 128 valence electrons. The van der Waals surface area contributed by atoms with Gasteiger partial charge in [0.2, 0.25) is 0 Å². The Morgan fingerprint density at radius 3 is 3.28 bits per heavy atom. The Morgan fingerprint density at radius 1 is 1.48 bits per heavy atom. The largest absolute Gasteiger partial charge is 0.493 e. The number of rotatable bonds is 2. The number of aromatic nitrogens is 1. The van der Waals surface area contributed by atoms with Gasteiger partial charge >= 0.3 is 6.03 Å². The Bertz CT molecular complexity index is 904. The van der Waals surface area contributed by atoms with E-state index in [2.05, 4.69) is 16.3 Å². The highest BCUT2D eigenvalue weighted by atomic mass is 32.1. The van der Waals surface area contributed by atoms with Gasteiger partial charge in [-0.25, -0.2) is 9.78 Å². The summed E-state index contributed by atoms with van der Waals surface area (Å²) >= 11 is 1.55. The molecule has 0 aliphatic carbocycles. The summed E-state index contributed by atoms with van der Waals surface area (Å²) in [6.07, 6.45) is 1.73. The van der Waals surface area contributed by atoms with Crippen LogP contribution in [0.25, 0.3) is 10.2 Å². The highest BCUT2D eigenvalue weighted by Gasteiger charge is 2.44. The number of amides is 2. The summed E-state index contributed by atoms with van der Waals surface area (Å²) in [4.78, 5) is 21.3. The lowest BCUT2D eigenvalue weighted by Crippen LogP contribution is -2.51. The van der Waals surface area contributed by atoms with Crippen molar-refractivity contribution < 1.29 is 9.53 Å². The highest BCUT2D eigenvalue weighted by molar-refractivity contribution is 7.22. The Labute approximate surface area is 148 Å². The normalized spacial score (nSPS) is 25.4. The maximum absolute atomic E-state index is 12.6. The molecule has 2 saturated heterocycles. The van der Waals surface area contributed by atoms with Crippen LogP contribution in [-0.2, 0) is 6.42 Å². The van der Waals surface area contributed by atoms with Crippen molar-refractivity contribution in [2.45, 2.75) is 24.9 Å². The molecule has 4 heterocycles. The van der Waals surface area contributed by atoms with Crippen LogP contribution in [-0.4, -0.2) is 54.2 Å². The van der Waals surface area contributed by atoms with Crippen molar-refractivity contribution in [3.05, 3.63) is 17.7 Å². The molecule has 0 radical (unpaired) electrons. The molecule has 2 aromatic rings. The number of anilines is 1. The van der Waals surface area contributed by atoms with Gasteiger partial charge in [-0.05, 0) is 18.6 Å². The number of carbonyl (C=O) groups excluding carboxylic acids is 1. The van der Waals surface area contributed by atoms with E-state index in [1.807, 2.05) is 12.1 Å². The first-order chi connectivity index (χ1) is 12.2. The highest BCUT2D eigenvalue weighted by Crippen LogP contribution is 2.39. The molecule has 2 atom stereocenters. The average molecular weight is 355 g/mol. The third kappa shape index (κ3) is 2.27. The van der Waals surface area contributed by atoms with Crippen LogP contribution >= 0.6 is 11.3 Å². The number of nitrogens with zero attached hydrogens (tertiary/aromatic N) is 4. The SMILES string of the molecule is N#CCN1CC[C@H]2NC(=O)N(c3nc4c5c(ccc4s3)OCC5)[C@H]2C1. The third-order valence-electron chi connectivity index (χ3n) is 5.25. The van der Waals surface area contributed by atoms with Crippen LogP contribution in [0.5, 0.6) is 5.75 Å². The van der Waals surface area contributed by atoms with Gasteiger partial charge in [-0.3, -0.25) is 9.80 Å². The van der Waals surface area contributed by atoms with Crippen LogP contribution in [0, 0.1) is 11.3 Å². The summed E-state index contributed by atoms with van der Waals surface area (Å²) < 4.78 is 6.71. The van der Waals surface area contributed by atoms with Crippen molar-refractivity contribution in [1.29, 1.82) is 5.26 Å². The van der Waals surface area contributed by atoms with Crippen molar-refractivity contribution in [2.24, 2.45) is 0 Å². The van der Waals surface area contributed by atoms with Crippen LogP contribution < -0.4 is 15.0 Å². The van der Waals surface area contributed by atoms with E-state index in [-0.39, 0.29) is 18.1 Å². The summed E-state index contributed by atoms with van der Waals surface area (Å²) in [5, 5.41) is 12.8. The van der Waals surface area contributed by atoms with Gasteiger partial charge in [-0.15, -0.1) is 0 Å². The van der Waals surface area contributed by atoms with E-state index in [1.165, 1.54) is 0 Å². The summed E-state index contributed by atoms with van der Waals surface area (Å²) in [5.74, 6) is 0.908. The van der Waals surface area contributed by atoms with Gasteiger partial charge in [0, 0.05) is 25.1 Å². The zero-order valence-electron chi connectivity index (χ0n) is 13.6. The second-order valence-electron chi connectivity index (χ2n) is 6.66. The van der Waals surface area contributed by atoms with Gasteiger partial charge in [0.25, 0.3) is 0 Å².